The normalized spacial score (nSPS) is 15.8. The zero-order valence-corrected chi connectivity index (χ0v) is 21.9. The molecule has 38 heavy (non-hydrogen) atoms. The van der Waals surface area contributed by atoms with Crippen molar-refractivity contribution in [3.8, 4) is 28.8 Å². The Bertz CT molecular complexity index is 1470. The Morgan fingerprint density at radius 1 is 1.03 bits per heavy atom. The second-order valence-electron chi connectivity index (χ2n) is 9.94. The van der Waals surface area contributed by atoms with E-state index in [0.29, 0.717) is 47.5 Å². The average molecular weight is 527 g/mol. The highest BCUT2D eigenvalue weighted by molar-refractivity contribution is 5.56. The molecule has 200 valence electrons. The molecule has 1 aliphatic heterocycles. The molecule has 0 saturated heterocycles. The van der Waals surface area contributed by atoms with E-state index in [1.54, 1.807) is 25.6 Å². The molecule has 0 N–H and O–H groups in total. The fourth-order valence-corrected chi connectivity index (χ4v) is 4.77. The summed E-state index contributed by atoms with van der Waals surface area (Å²) in [5.41, 5.74) is 0.948. The van der Waals surface area contributed by atoms with Crippen LogP contribution < -0.4 is 9.47 Å². The van der Waals surface area contributed by atoms with Gasteiger partial charge in [-0.2, -0.15) is 13.2 Å². The molecule has 0 saturated carbocycles. The summed E-state index contributed by atoms with van der Waals surface area (Å²) in [4.78, 5) is 13.7. The first-order valence-electron chi connectivity index (χ1n) is 12.3. The van der Waals surface area contributed by atoms with Gasteiger partial charge in [0, 0.05) is 24.2 Å². The lowest BCUT2D eigenvalue weighted by Crippen LogP contribution is -2.36. The maximum atomic E-state index is 13.8. The minimum Gasteiger partial charge on any atom is -0.496 e. The first kappa shape index (κ1) is 25.7. The summed E-state index contributed by atoms with van der Waals surface area (Å²) in [5.74, 6) is 1.73. The van der Waals surface area contributed by atoms with Crippen molar-refractivity contribution in [2.75, 3.05) is 14.2 Å². The number of aromatic nitrogens is 6. The maximum Gasteiger partial charge on any atom is 0.397 e. The van der Waals surface area contributed by atoms with E-state index in [1.165, 1.54) is 27.0 Å². The second-order valence-corrected chi connectivity index (χ2v) is 9.94. The van der Waals surface area contributed by atoms with E-state index in [2.05, 4.69) is 9.97 Å². The van der Waals surface area contributed by atoms with Crippen molar-refractivity contribution >= 4 is 0 Å². The number of methoxy groups -OCH3 is 2. The summed E-state index contributed by atoms with van der Waals surface area (Å²) in [6.07, 6.45) is 0.671. The van der Waals surface area contributed by atoms with Crippen LogP contribution in [0.5, 0.6) is 11.6 Å². The summed E-state index contributed by atoms with van der Waals surface area (Å²) >= 11 is 0. The highest BCUT2D eigenvalue weighted by atomic mass is 19.4. The van der Waals surface area contributed by atoms with Gasteiger partial charge < -0.3 is 14.0 Å². The number of fused-ring (bicyclic) bond motifs is 1. The Balaban J connectivity index is 1.55. The monoisotopic (exact) mass is 526 g/mol. The van der Waals surface area contributed by atoms with Crippen LogP contribution in [0.25, 0.3) is 17.2 Å². The number of nitrogens with zero attached hydrogens (tertiary/aromatic N) is 6. The van der Waals surface area contributed by atoms with Crippen molar-refractivity contribution in [1.29, 1.82) is 0 Å². The van der Waals surface area contributed by atoms with Gasteiger partial charge in [0.15, 0.2) is 5.82 Å². The Kier molecular flexibility index (Phi) is 6.40. The van der Waals surface area contributed by atoms with Crippen molar-refractivity contribution in [2.45, 2.75) is 57.7 Å². The highest BCUT2D eigenvalue weighted by Gasteiger charge is 2.48. The van der Waals surface area contributed by atoms with Crippen molar-refractivity contribution < 1.29 is 22.6 Å². The van der Waals surface area contributed by atoms with E-state index in [1.807, 2.05) is 34.5 Å². The molecule has 0 amide bonds. The molecule has 0 aliphatic carbocycles. The first-order valence-corrected chi connectivity index (χ1v) is 12.3. The summed E-state index contributed by atoms with van der Waals surface area (Å²) < 4.78 is 56.2. The lowest BCUT2D eigenvalue weighted by Gasteiger charge is -2.30. The van der Waals surface area contributed by atoms with E-state index in [9.17, 15) is 13.2 Å². The number of aryl methyl sites for hydroxylation is 2. The minimum atomic E-state index is -4.40. The number of hydrogen-bond acceptors (Lipinski definition) is 6. The van der Waals surface area contributed by atoms with Crippen molar-refractivity contribution in [1.82, 2.24) is 29.3 Å². The second kappa shape index (κ2) is 9.45. The Hall–Kier alpha value is -3.89. The molecule has 1 aromatic carbocycles. The first-order chi connectivity index (χ1) is 18.0. The van der Waals surface area contributed by atoms with Gasteiger partial charge in [-0.1, -0.05) is 12.1 Å². The molecular weight excluding hydrogens is 497 g/mol. The summed E-state index contributed by atoms with van der Waals surface area (Å²) in [5, 5.41) is 4.69. The zero-order valence-electron chi connectivity index (χ0n) is 21.9. The van der Waals surface area contributed by atoms with E-state index >= 15 is 0 Å². The van der Waals surface area contributed by atoms with Crippen molar-refractivity contribution in [3.63, 3.8) is 0 Å². The zero-order chi connectivity index (χ0) is 27.2. The fraction of sp³-hybridized carbons (Fsp3) is 0.407. The molecule has 0 bridgehead atoms. The number of rotatable bonds is 6. The molecule has 11 heteroatoms. The molecule has 3 aromatic heterocycles. The van der Waals surface area contributed by atoms with Crippen molar-refractivity contribution in [2.24, 2.45) is 0 Å². The van der Waals surface area contributed by atoms with Crippen molar-refractivity contribution in [3.05, 3.63) is 65.5 Å². The quantitative estimate of drug-likeness (QED) is 0.325. The van der Waals surface area contributed by atoms with Gasteiger partial charge in [-0.15, -0.1) is 5.10 Å². The minimum absolute atomic E-state index is 0.175. The van der Waals surface area contributed by atoms with Gasteiger partial charge in [-0.25, -0.2) is 19.6 Å². The molecule has 0 radical (unpaired) electrons. The van der Waals surface area contributed by atoms with Crippen LogP contribution in [0, 0.1) is 6.92 Å². The third kappa shape index (κ3) is 4.39. The Labute approximate surface area is 218 Å². The molecule has 0 spiro atoms. The van der Waals surface area contributed by atoms with Gasteiger partial charge in [0.05, 0.1) is 31.7 Å². The third-order valence-electron chi connectivity index (χ3n) is 7.16. The highest BCUT2D eigenvalue weighted by Crippen LogP contribution is 2.44. The van der Waals surface area contributed by atoms with E-state index in [-0.39, 0.29) is 11.5 Å². The van der Waals surface area contributed by atoms with Gasteiger partial charge in [-0.3, -0.25) is 0 Å². The van der Waals surface area contributed by atoms with E-state index < -0.39 is 11.6 Å². The van der Waals surface area contributed by atoms with Crippen LogP contribution in [0.4, 0.5) is 13.2 Å². The molecule has 1 aliphatic rings. The topological polar surface area (TPSA) is 79.9 Å². The fourth-order valence-electron chi connectivity index (χ4n) is 4.77. The number of halogens is 3. The Morgan fingerprint density at radius 3 is 2.47 bits per heavy atom. The molecule has 4 heterocycles. The van der Waals surface area contributed by atoms with Gasteiger partial charge >= 0.3 is 6.18 Å². The van der Waals surface area contributed by atoms with Gasteiger partial charge in [0.2, 0.25) is 5.88 Å². The molecule has 0 fully saturated rings. The lowest BCUT2D eigenvalue weighted by molar-refractivity contribution is -0.180. The predicted molar refractivity (Wildman–Crippen MR) is 135 cm³/mol. The number of pyridine rings is 1. The lowest BCUT2D eigenvalue weighted by atomic mass is 9.80. The van der Waals surface area contributed by atoms with Crippen LogP contribution in [0.1, 0.15) is 55.3 Å². The van der Waals surface area contributed by atoms with Gasteiger partial charge in [0.25, 0.3) is 0 Å². The van der Waals surface area contributed by atoms with Crippen LogP contribution in [-0.4, -0.2) is 49.7 Å². The summed E-state index contributed by atoms with van der Waals surface area (Å²) in [7, 11) is 3.06. The average Bonchev–Trinajstić information content (AvgIpc) is 3.53. The molecule has 5 rings (SSSR count). The third-order valence-corrected chi connectivity index (χ3v) is 7.16. The number of benzene rings is 1. The van der Waals surface area contributed by atoms with Crippen LogP contribution >= 0.6 is 0 Å². The number of ether oxygens (including phenoxy) is 2. The SMILES string of the molecule is COc1ccc(C(C)(C)C(F)(F)F)cc1[C@@H]1CCCn2nc(-c3ccc(-n4cnc(C)c4)c(OC)n3)nc21. The van der Waals surface area contributed by atoms with E-state index in [4.69, 9.17) is 19.6 Å². The largest absolute Gasteiger partial charge is 0.496 e. The maximum absolute atomic E-state index is 13.8. The standard InChI is InChI=1S/C27H29F3N6O2/c1-16-14-35(15-31-16)21-10-9-20(32-25(21)38-5)23-33-24-18(7-6-12-36(24)34-23)19-13-17(8-11-22(19)37-4)26(2,3)27(28,29)30/h8-11,13-15,18H,6-7,12H2,1-5H3/t18-/m0/s1. The van der Waals surface area contributed by atoms with Crippen LogP contribution in [0.2, 0.25) is 0 Å². The number of alkyl halides is 3. The predicted octanol–water partition coefficient (Wildman–Crippen LogP) is 5.62. The summed E-state index contributed by atoms with van der Waals surface area (Å²) in [6, 6.07) is 8.37. The molecule has 4 aromatic rings. The molecular formula is C27H29F3N6O2. The van der Waals surface area contributed by atoms with Crippen LogP contribution in [0.15, 0.2) is 42.9 Å². The Morgan fingerprint density at radius 2 is 1.82 bits per heavy atom. The smallest absolute Gasteiger partial charge is 0.397 e. The van der Waals surface area contributed by atoms with Crippen LogP contribution in [0.3, 0.4) is 0 Å². The van der Waals surface area contributed by atoms with E-state index in [0.717, 1.165) is 17.8 Å². The van der Waals surface area contributed by atoms with Gasteiger partial charge in [0.1, 0.15) is 23.0 Å². The number of hydrogen-bond donors (Lipinski definition) is 0. The van der Waals surface area contributed by atoms with Gasteiger partial charge in [-0.05, 0) is 57.4 Å². The van der Waals surface area contributed by atoms with Crippen LogP contribution in [-0.2, 0) is 12.0 Å². The molecule has 1 atom stereocenters. The number of imidazole rings is 1. The summed E-state index contributed by atoms with van der Waals surface area (Å²) in [6.45, 7) is 4.93. The molecule has 0 unspecified atom stereocenters. The molecule has 8 nitrogen and oxygen atoms in total.